The van der Waals surface area contributed by atoms with Gasteiger partial charge in [0.05, 0.1) is 4.92 Å². The van der Waals surface area contributed by atoms with E-state index in [2.05, 4.69) is 15.3 Å². The third-order valence-corrected chi connectivity index (χ3v) is 4.24. The van der Waals surface area contributed by atoms with E-state index in [1.54, 1.807) is 18.7 Å². The Labute approximate surface area is 111 Å². The van der Waals surface area contributed by atoms with Gasteiger partial charge in [0.2, 0.25) is 5.82 Å². The summed E-state index contributed by atoms with van der Waals surface area (Å²) < 4.78 is 1.64. The molecular formula is C12H19N5O2. The summed E-state index contributed by atoms with van der Waals surface area (Å²) in [5.74, 6) is 1.25. The third-order valence-electron chi connectivity index (χ3n) is 4.24. The molecule has 2 atom stereocenters. The zero-order valence-corrected chi connectivity index (χ0v) is 11.3. The summed E-state index contributed by atoms with van der Waals surface area (Å²) in [5.41, 5.74) is 0.645. The van der Waals surface area contributed by atoms with Crippen LogP contribution in [0.3, 0.4) is 0 Å². The van der Waals surface area contributed by atoms with Gasteiger partial charge < -0.3 is 10.2 Å². The molecule has 0 radical (unpaired) electrons. The van der Waals surface area contributed by atoms with Crippen LogP contribution in [-0.4, -0.2) is 40.4 Å². The summed E-state index contributed by atoms with van der Waals surface area (Å²) in [5, 5.41) is 19.0. The maximum atomic E-state index is 11.2. The van der Waals surface area contributed by atoms with Crippen LogP contribution in [0, 0.1) is 23.0 Å². The van der Waals surface area contributed by atoms with Gasteiger partial charge in [0, 0.05) is 26.2 Å². The van der Waals surface area contributed by atoms with Gasteiger partial charge in [-0.05, 0) is 32.2 Å². The fourth-order valence-electron chi connectivity index (χ4n) is 3.42. The van der Waals surface area contributed by atoms with Crippen LogP contribution in [0.2, 0.25) is 0 Å². The lowest BCUT2D eigenvalue weighted by Crippen LogP contribution is -2.40. The monoisotopic (exact) mass is 265 g/mol. The van der Waals surface area contributed by atoms with Crippen molar-refractivity contribution < 1.29 is 4.92 Å². The average molecular weight is 265 g/mol. The van der Waals surface area contributed by atoms with E-state index in [1.807, 2.05) is 0 Å². The number of hydrogen-bond acceptors (Lipinski definition) is 5. The van der Waals surface area contributed by atoms with Crippen LogP contribution in [0.1, 0.15) is 18.5 Å². The van der Waals surface area contributed by atoms with E-state index in [-0.39, 0.29) is 10.6 Å². The number of rotatable bonds is 2. The third kappa shape index (κ3) is 1.98. The van der Waals surface area contributed by atoms with Crippen LogP contribution in [0.15, 0.2) is 0 Å². The molecular weight excluding hydrogens is 246 g/mol. The Balaban J connectivity index is 1.93. The highest BCUT2D eigenvalue weighted by molar-refractivity contribution is 5.62. The van der Waals surface area contributed by atoms with Crippen molar-refractivity contribution in [3.05, 3.63) is 15.8 Å². The molecule has 0 saturated carbocycles. The van der Waals surface area contributed by atoms with Gasteiger partial charge in [-0.2, -0.15) is 5.10 Å². The maximum absolute atomic E-state index is 11.2. The quantitative estimate of drug-likeness (QED) is 0.633. The number of nitrogens with one attached hydrogen (secondary N) is 1. The van der Waals surface area contributed by atoms with Gasteiger partial charge in [-0.1, -0.05) is 0 Å². The molecule has 1 N–H and O–H groups in total. The molecule has 0 aliphatic carbocycles. The predicted molar refractivity (Wildman–Crippen MR) is 71.3 cm³/mol. The van der Waals surface area contributed by atoms with E-state index in [9.17, 15) is 10.1 Å². The second-order valence-corrected chi connectivity index (χ2v) is 5.51. The fraction of sp³-hybridized carbons (Fsp3) is 0.750. The van der Waals surface area contributed by atoms with E-state index < -0.39 is 0 Å². The van der Waals surface area contributed by atoms with E-state index >= 15 is 0 Å². The first kappa shape index (κ1) is 12.4. The molecule has 2 fully saturated rings. The number of hydrogen-bond donors (Lipinski definition) is 1. The lowest BCUT2D eigenvalue weighted by atomic mass is 9.94. The minimum Gasteiger partial charge on any atom is -0.349 e. The molecule has 2 saturated heterocycles. The molecule has 1 aromatic rings. The normalized spacial score (nSPS) is 26.5. The van der Waals surface area contributed by atoms with Crippen LogP contribution in [0.5, 0.6) is 0 Å². The Hall–Kier alpha value is -1.63. The zero-order chi connectivity index (χ0) is 13.6. The molecule has 19 heavy (non-hydrogen) atoms. The van der Waals surface area contributed by atoms with Crippen molar-refractivity contribution in [1.29, 1.82) is 0 Å². The van der Waals surface area contributed by atoms with Crippen molar-refractivity contribution in [2.75, 3.05) is 24.5 Å². The standard InChI is InChI=1S/C12H19N5O2/c1-8-11(17(18)19)12(15(2)14-8)16-6-9-4-3-5-13-10(9)7-16/h9-10,13H,3-7H2,1-2H3/t9-,10+/m0/s1. The maximum Gasteiger partial charge on any atom is 0.333 e. The van der Waals surface area contributed by atoms with Gasteiger partial charge >= 0.3 is 5.69 Å². The molecule has 7 heteroatoms. The predicted octanol–water partition coefficient (Wildman–Crippen LogP) is 0.825. The highest BCUT2D eigenvalue weighted by Gasteiger charge is 2.39. The van der Waals surface area contributed by atoms with Crippen LogP contribution in [0.4, 0.5) is 11.5 Å². The zero-order valence-electron chi connectivity index (χ0n) is 11.3. The molecule has 104 valence electrons. The number of piperidine rings is 1. The fourth-order valence-corrected chi connectivity index (χ4v) is 3.42. The van der Waals surface area contributed by atoms with Gasteiger partial charge in [-0.15, -0.1) is 0 Å². The van der Waals surface area contributed by atoms with Crippen molar-refractivity contribution in [3.8, 4) is 0 Å². The number of aryl methyl sites for hydroxylation is 2. The molecule has 2 aliphatic rings. The van der Waals surface area contributed by atoms with Crippen molar-refractivity contribution in [1.82, 2.24) is 15.1 Å². The number of nitro groups is 1. The summed E-state index contributed by atoms with van der Waals surface area (Å²) in [7, 11) is 1.78. The van der Waals surface area contributed by atoms with Gasteiger partial charge in [-0.3, -0.25) is 10.1 Å². The van der Waals surface area contributed by atoms with Crippen LogP contribution >= 0.6 is 0 Å². The van der Waals surface area contributed by atoms with Gasteiger partial charge in [0.15, 0.2) is 0 Å². The first-order chi connectivity index (χ1) is 9.08. The number of anilines is 1. The second-order valence-electron chi connectivity index (χ2n) is 5.51. The Morgan fingerprint density at radius 1 is 1.47 bits per heavy atom. The first-order valence-electron chi connectivity index (χ1n) is 6.74. The minimum absolute atomic E-state index is 0.154. The van der Waals surface area contributed by atoms with Crippen LogP contribution in [-0.2, 0) is 7.05 Å². The molecule has 0 spiro atoms. The summed E-state index contributed by atoms with van der Waals surface area (Å²) in [4.78, 5) is 13.0. The van der Waals surface area contributed by atoms with E-state index in [1.165, 1.54) is 12.8 Å². The smallest absolute Gasteiger partial charge is 0.333 e. The van der Waals surface area contributed by atoms with Gasteiger partial charge in [0.1, 0.15) is 5.69 Å². The highest BCUT2D eigenvalue weighted by atomic mass is 16.6. The molecule has 0 aromatic carbocycles. The van der Waals surface area contributed by atoms with Crippen molar-refractivity contribution >= 4 is 11.5 Å². The summed E-state index contributed by atoms with van der Waals surface area (Å²) in [6.45, 7) is 4.48. The highest BCUT2D eigenvalue weighted by Crippen LogP contribution is 2.35. The molecule has 0 bridgehead atoms. The van der Waals surface area contributed by atoms with Gasteiger partial charge in [0.25, 0.3) is 0 Å². The lowest BCUT2D eigenvalue weighted by Gasteiger charge is -2.24. The first-order valence-corrected chi connectivity index (χ1v) is 6.74. The second kappa shape index (κ2) is 4.48. The van der Waals surface area contributed by atoms with Gasteiger partial charge in [-0.25, -0.2) is 4.68 Å². The molecule has 2 aliphatic heterocycles. The van der Waals surface area contributed by atoms with Crippen LogP contribution in [0.25, 0.3) is 0 Å². The Morgan fingerprint density at radius 2 is 2.26 bits per heavy atom. The SMILES string of the molecule is Cc1nn(C)c(N2C[C@@H]3CCCN[C@@H]3C2)c1[N+](=O)[O-]. The molecule has 3 heterocycles. The van der Waals surface area contributed by atoms with E-state index in [0.717, 1.165) is 19.6 Å². The van der Waals surface area contributed by atoms with Crippen LogP contribution < -0.4 is 10.2 Å². The van der Waals surface area contributed by atoms with E-state index in [0.29, 0.717) is 23.5 Å². The van der Waals surface area contributed by atoms with Crippen molar-refractivity contribution in [2.24, 2.45) is 13.0 Å². The van der Waals surface area contributed by atoms with Crippen molar-refractivity contribution in [2.45, 2.75) is 25.8 Å². The molecule has 1 aromatic heterocycles. The molecule has 0 amide bonds. The molecule has 7 nitrogen and oxygen atoms in total. The topological polar surface area (TPSA) is 76.2 Å². The number of nitrogens with zero attached hydrogens (tertiary/aromatic N) is 4. The minimum atomic E-state index is -0.312. The number of aromatic nitrogens is 2. The molecule has 0 unspecified atom stereocenters. The summed E-state index contributed by atoms with van der Waals surface area (Å²) in [6, 6.07) is 0.462. The Bertz CT molecular complexity index is 498. The summed E-state index contributed by atoms with van der Waals surface area (Å²) >= 11 is 0. The lowest BCUT2D eigenvalue weighted by molar-refractivity contribution is -0.384. The number of fused-ring (bicyclic) bond motifs is 1. The van der Waals surface area contributed by atoms with E-state index in [4.69, 9.17) is 0 Å². The average Bonchev–Trinajstić information content (AvgIpc) is 2.88. The Morgan fingerprint density at radius 3 is 2.95 bits per heavy atom. The Kier molecular flexibility index (Phi) is 2.93. The summed E-state index contributed by atoms with van der Waals surface area (Å²) in [6.07, 6.45) is 2.40. The largest absolute Gasteiger partial charge is 0.349 e. The van der Waals surface area contributed by atoms with Crippen molar-refractivity contribution in [3.63, 3.8) is 0 Å². The molecule has 3 rings (SSSR count).